The molecule has 0 spiro atoms. The average molecular weight is 226 g/mol. The standard InChI is InChI=1S/C12H19FN2O/c1-2-15(6-3-7-16)9-10-4-5-12(14)11(13)8-10/h4-5,8,16H,2-3,6-7,9,14H2,1H3. The molecule has 0 saturated carbocycles. The van der Waals surface area contributed by atoms with Crippen LogP contribution in [0.2, 0.25) is 0 Å². The maximum absolute atomic E-state index is 13.2. The number of rotatable bonds is 6. The Morgan fingerprint density at radius 3 is 2.75 bits per heavy atom. The van der Waals surface area contributed by atoms with Crippen LogP contribution in [0.3, 0.4) is 0 Å². The van der Waals surface area contributed by atoms with Crippen LogP contribution < -0.4 is 5.73 Å². The number of anilines is 1. The first kappa shape index (κ1) is 12.9. The Balaban J connectivity index is 2.59. The molecule has 16 heavy (non-hydrogen) atoms. The first-order chi connectivity index (χ1) is 7.67. The summed E-state index contributed by atoms with van der Waals surface area (Å²) in [6, 6.07) is 4.89. The zero-order valence-corrected chi connectivity index (χ0v) is 9.62. The number of nitrogen functional groups attached to an aromatic ring is 1. The lowest BCUT2D eigenvalue weighted by molar-refractivity contribution is 0.225. The van der Waals surface area contributed by atoms with Gasteiger partial charge in [-0.2, -0.15) is 0 Å². The second-order valence-corrected chi connectivity index (χ2v) is 3.80. The fourth-order valence-electron chi connectivity index (χ4n) is 1.57. The summed E-state index contributed by atoms with van der Waals surface area (Å²) in [4.78, 5) is 2.15. The summed E-state index contributed by atoms with van der Waals surface area (Å²) in [5.41, 5.74) is 6.50. The quantitative estimate of drug-likeness (QED) is 0.725. The van der Waals surface area contributed by atoms with Gasteiger partial charge in [-0.1, -0.05) is 13.0 Å². The lowest BCUT2D eigenvalue weighted by Gasteiger charge is -2.20. The summed E-state index contributed by atoms with van der Waals surface area (Å²) < 4.78 is 13.2. The van der Waals surface area contributed by atoms with Gasteiger partial charge in [-0.3, -0.25) is 4.90 Å². The molecule has 0 radical (unpaired) electrons. The van der Waals surface area contributed by atoms with Crippen molar-refractivity contribution in [1.82, 2.24) is 4.90 Å². The third-order valence-electron chi connectivity index (χ3n) is 2.55. The number of hydrogen-bond donors (Lipinski definition) is 2. The number of halogens is 1. The SMILES string of the molecule is CCN(CCCO)Cc1ccc(N)c(F)c1. The molecule has 90 valence electrons. The molecule has 3 N–H and O–H groups in total. The Kier molecular flexibility index (Phi) is 5.22. The Labute approximate surface area is 95.7 Å². The van der Waals surface area contributed by atoms with E-state index in [0.717, 1.165) is 25.1 Å². The lowest BCUT2D eigenvalue weighted by Crippen LogP contribution is -2.24. The Morgan fingerprint density at radius 1 is 1.44 bits per heavy atom. The van der Waals surface area contributed by atoms with Gasteiger partial charge in [0.1, 0.15) is 5.82 Å². The van der Waals surface area contributed by atoms with E-state index in [0.29, 0.717) is 6.54 Å². The number of hydrogen-bond acceptors (Lipinski definition) is 3. The van der Waals surface area contributed by atoms with Gasteiger partial charge in [0.15, 0.2) is 0 Å². The van der Waals surface area contributed by atoms with Crippen LogP contribution in [-0.4, -0.2) is 29.7 Å². The number of nitrogens with two attached hydrogens (primary N) is 1. The summed E-state index contributed by atoms with van der Waals surface area (Å²) in [6.07, 6.45) is 0.741. The van der Waals surface area contributed by atoms with Crippen molar-refractivity contribution in [3.63, 3.8) is 0 Å². The van der Waals surface area contributed by atoms with Gasteiger partial charge >= 0.3 is 0 Å². The van der Waals surface area contributed by atoms with Crippen LogP contribution in [0.4, 0.5) is 10.1 Å². The maximum atomic E-state index is 13.2. The molecule has 0 aliphatic carbocycles. The summed E-state index contributed by atoms with van der Waals surface area (Å²) in [6.45, 7) is 4.62. The third-order valence-corrected chi connectivity index (χ3v) is 2.55. The molecule has 0 aliphatic rings. The van der Waals surface area contributed by atoms with Crippen molar-refractivity contribution in [2.24, 2.45) is 0 Å². The molecule has 1 aromatic carbocycles. The van der Waals surface area contributed by atoms with Crippen LogP contribution >= 0.6 is 0 Å². The molecule has 0 amide bonds. The largest absolute Gasteiger partial charge is 0.396 e. The van der Waals surface area contributed by atoms with E-state index in [1.54, 1.807) is 6.07 Å². The van der Waals surface area contributed by atoms with Gasteiger partial charge in [0.05, 0.1) is 5.69 Å². The molecule has 0 unspecified atom stereocenters. The smallest absolute Gasteiger partial charge is 0.146 e. The van der Waals surface area contributed by atoms with Crippen molar-refractivity contribution in [1.29, 1.82) is 0 Å². The molecule has 1 rings (SSSR count). The molecule has 0 atom stereocenters. The van der Waals surface area contributed by atoms with Gasteiger partial charge in [0.25, 0.3) is 0 Å². The molecule has 1 aromatic rings. The molecular weight excluding hydrogens is 207 g/mol. The Hall–Kier alpha value is -1.13. The average Bonchev–Trinajstić information content (AvgIpc) is 2.29. The molecule has 0 aromatic heterocycles. The summed E-state index contributed by atoms with van der Waals surface area (Å²) in [7, 11) is 0. The Morgan fingerprint density at radius 2 is 2.19 bits per heavy atom. The molecule has 4 heteroatoms. The van der Waals surface area contributed by atoms with Crippen LogP contribution in [0.1, 0.15) is 18.9 Å². The van der Waals surface area contributed by atoms with Crippen molar-refractivity contribution >= 4 is 5.69 Å². The van der Waals surface area contributed by atoms with Crippen LogP contribution in [0.25, 0.3) is 0 Å². The van der Waals surface area contributed by atoms with E-state index < -0.39 is 0 Å². The first-order valence-electron chi connectivity index (χ1n) is 5.54. The number of benzene rings is 1. The second kappa shape index (κ2) is 6.45. The number of nitrogens with zero attached hydrogens (tertiary/aromatic N) is 1. The highest BCUT2D eigenvalue weighted by molar-refractivity contribution is 5.41. The maximum Gasteiger partial charge on any atom is 0.146 e. The fourth-order valence-corrected chi connectivity index (χ4v) is 1.57. The zero-order chi connectivity index (χ0) is 12.0. The highest BCUT2D eigenvalue weighted by atomic mass is 19.1. The van der Waals surface area contributed by atoms with Gasteiger partial charge in [-0.05, 0) is 30.7 Å². The molecule has 0 saturated heterocycles. The van der Waals surface area contributed by atoms with Gasteiger partial charge in [-0.15, -0.1) is 0 Å². The fraction of sp³-hybridized carbons (Fsp3) is 0.500. The van der Waals surface area contributed by atoms with E-state index in [9.17, 15) is 4.39 Å². The predicted octanol–water partition coefficient (Wildman–Crippen LogP) is 1.61. The van der Waals surface area contributed by atoms with E-state index in [1.165, 1.54) is 6.07 Å². The number of aliphatic hydroxyl groups is 1. The normalized spacial score (nSPS) is 11.0. The highest BCUT2D eigenvalue weighted by Crippen LogP contribution is 2.13. The highest BCUT2D eigenvalue weighted by Gasteiger charge is 2.05. The zero-order valence-electron chi connectivity index (χ0n) is 9.62. The first-order valence-corrected chi connectivity index (χ1v) is 5.54. The van der Waals surface area contributed by atoms with Crippen LogP contribution in [-0.2, 0) is 6.54 Å². The third kappa shape index (κ3) is 3.79. The molecular formula is C12H19FN2O. The minimum absolute atomic E-state index is 0.183. The van der Waals surface area contributed by atoms with E-state index in [2.05, 4.69) is 4.90 Å². The predicted molar refractivity (Wildman–Crippen MR) is 63.5 cm³/mol. The molecule has 0 aliphatic heterocycles. The summed E-state index contributed by atoms with van der Waals surface area (Å²) in [5.74, 6) is -0.365. The van der Waals surface area contributed by atoms with E-state index in [4.69, 9.17) is 10.8 Å². The molecule has 0 heterocycles. The van der Waals surface area contributed by atoms with Crippen molar-refractivity contribution in [3.8, 4) is 0 Å². The van der Waals surface area contributed by atoms with Crippen LogP contribution in [0.5, 0.6) is 0 Å². The van der Waals surface area contributed by atoms with Crippen LogP contribution in [0.15, 0.2) is 18.2 Å². The lowest BCUT2D eigenvalue weighted by atomic mass is 10.2. The van der Waals surface area contributed by atoms with Gasteiger partial charge < -0.3 is 10.8 Å². The van der Waals surface area contributed by atoms with Gasteiger partial charge in [0, 0.05) is 19.7 Å². The van der Waals surface area contributed by atoms with Crippen molar-refractivity contribution < 1.29 is 9.50 Å². The van der Waals surface area contributed by atoms with Crippen LogP contribution in [0, 0.1) is 5.82 Å². The van der Waals surface area contributed by atoms with E-state index >= 15 is 0 Å². The molecule has 3 nitrogen and oxygen atoms in total. The molecule has 0 fully saturated rings. The van der Waals surface area contributed by atoms with Gasteiger partial charge in [-0.25, -0.2) is 4.39 Å². The summed E-state index contributed by atoms with van der Waals surface area (Å²) in [5, 5.41) is 8.75. The van der Waals surface area contributed by atoms with Gasteiger partial charge in [0.2, 0.25) is 0 Å². The Bertz CT molecular complexity index is 331. The monoisotopic (exact) mass is 226 g/mol. The number of aliphatic hydroxyl groups excluding tert-OH is 1. The molecule has 0 bridgehead atoms. The summed E-state index contributed by atoms with van der Waals surface area (Å²) >= 11 is 0. The van der Waals surface area contributed by atoms with Crippen molar-refractivity contribution in [2.75, 3.05) is 25.4 Å². The van der Waals surface area contributed by atoms with Crippen molar-refractivity contribution in [3.05, 3.63) is 29.6 Å². The van der Waals surface area contributed by atoms with E-state index in [1.807, 2.05) is 13.0 Å². The second-order valence-electron chi connectivity index (χ2n) is 3.80. The minimum atomic E-state index is -0.365. The topological polar surface area (TPSA) is 49.5 Å². The minimum Gasteiger partial charge on any atom is -0.396 e. The van der Waals surface area contributed by atoms with Crippen molar-refractivity contribution in [2.45, 2.75) is 19.9 Å². The van der Waals surface area contributed by atoms with E-state index in [-0.39, 0.29) is 18.1 Å².